The first-order valence-electron chi connectivity index (χ1n) is 14.8. The van der Waals surface area contributed by atoms with Gasteiger partial charge in [0.15, 0.2) is 5.11 Å². The molecule has 2 saturated heterocycles. The van der Waals surface area contributed by atoms with Crippen molar-refractivity contribution in [2.45, 2.75) is 52.4 Å². The molecule has 230 valence electrons. The molecule has 0 spiro atoms. The first kappa shape index (κ1) is 30.5. The minimum absolute atomic E-state index is 0.304. The van der Waals surface area contributed by atoms with Crippen LogP contribution in [0.2, 0.25) is 5.02 Å². The average Bonchev–Trinajstić information content (AvgIpc) is 3.47. The molecule has 2 aliphatic rings. The maximum absolute atomic E-state index is 13.6. The largest absolute Gasteiger partial charge is 0.416 e. The van der Waals surface area contributed by atoms with Gasteiger partial charge in [-0.3, -0.25) is 4.98 Å². The number of anilines is 2. The lowest BCUT2D eigenvalue weighted by molar-refractivity contribution is -0.137. The molecule has 0 amide bonds. The minimum atomic E-state index is -4.44. The van der Waals surface area contributed by atoms with Crippen molar-refractivity contribution < 1.29 is 13.2 Å². The summed E-state index contributed by atoms with van der Waals surface area (Å²) in [6.07, 6.45) is -1.49. The van der Waals surface area contributed by atoms with E-state index in [-0.39, 0.29) is 12.1 Å². The second kappa shape index (κ2) is 11.7. The van der Waals surface area contributed by atoms with Crippen LogP contribution in [0.15, 0.2) is 72.9 Å². The zero-order valence-corrected chi connectivity index (χ0v) is 26.6. The summed E-state index contributed by atoms with van der Waals surface area (Å²) in [5, 5.41) is 4.66. The number of nitrogens with one attached hydrogen (secondary N) is 1. The molecule has 0 unspecified atom stereocenters. The third-order valence-electron chi connectivity index (χ3n) is 8.74. The van der Waals surface area contributed by atoms with Crippen molar-refractivity contribution in [3.05, 3.63) is 106 Å². The molecule has 0 aliphatic carbocycles. The highest BCUT2D eigenvalue weighted by atomic mass is 35.5. The van der Waals surface area contributed by atoms with E-state index in [9.17, 15) is 13.2 Å². The summed E-state index contributed by atoms with van der Waals surface area (Å²) in [5.41, 5.74) is 4.99. The van der Waals surface area contributed by atoms with Crippen molar-refractivity contribution in [3.63, 3.8) is 0 Å². The van der Waals surface area contributed by atoms with Gasteiger partial charge >= 0.3 is 6.18 Å². The van der Waals surface area contributed by atoms with Gasteiger partial charge in [-0.1, -0.05) is 37.6 Å². The molecule has 5 nitrogen and oxygen atoms in total. The standard InChI is InChI=1S/C34H35ClF3N5S/c1-20-14-21(2)19-41(18-20)30-12-11-26(17-28(30)35)43-32(31(40-33(43)44)29-10-5-6-13-39-29)27-15-22(3)42(23(27)4)25-9-7-8-24(16-25)34(36,37)38/h5-13,15-17,20-21,31-32H,14,18-19H2,1-4H3,(H,40,44)/t20-,21-,31+,32-/m1/s1. The Morgan fingerprint density at radius 1 is 0.932 bits per heavy atom. The number of hydrogen-bond acceptors (Lipinski definition) is 3. The fourth-order valence-electron chi connectivity index (χ4n) is 7.02. The Morgan fingerprint density at radius 3 is 2.34 bits per heavy atom. The van der Waals surface area contributed by atoms with E-state index in [1.807, 2.05) is 48.7 Å². The predicted octanol–water partition coefficient (Wildman–Crippen LogP) is 8.82. The Hall–Kier alpha value is -3.56. The van der Waals surface area contributed by atoms with Gasteiger partial charge in [-0.05, 0) is 104 Å². The zero-order valence-electron chi connectivity index (χ0n) is 25.1. The summed E-state index contributed by atoms with van der Waals surface area (Å²) in [7, 11) is 0. The molecule has 6 rings (SSSR count). The Balaban J connectivity index is 1.44. The smallest absolute Gasteiger partial charge is 0.370 e. The summed E-state index contributed by atoms with van der Waals surface area (Å²) in [6, 6.07) is 18.7. The highest BCUT2D eigenvalue weighted by Gasteiger charge is 2.42. The van der Waals surface area contributed by atoms with Crippen LogP contribution < -0.4 is 15.1 Å². The highest BCUT2D eigenvalue weighted by Crippen LogP contribution is 2.45. The van der Waals surface area contributed by atoms with Crippen molar-refractivity contribution in [1.82, 2.24) is 14.9 Å². The molecular formula is C34H35ClF3N5S. The lowest BCUT2D eigenvalue weighted by Gasteiger charge is -2.37. The number of piperidine rings is 1. The number of rotatable bonds is 5. The van der Waals surface area contributed by atoms with E-state index in [1.54, 1.807) is 12.3 Å². The first-order valence-corrected chi connectivity index (χ1v) is 15.6. The van der Waals surface area contributed by atoms with Crippen LogP contribution >= 0.6 is 23.8 Å². The number of aromatic nitrogens is 2. The van der Waals surface area contributed by atoms with Crippen molar-refractivity contribution >= 4 is 40.3 Å². The van der Waals surface area contributed by atoms with Crippen molar-refractivity contribution in [2.75, 3.05) is 22.9 Å². The van der Waals surface area contributed by atoms with Crippen LogP contribution in [0.4, 0.5) is 24.5 Å². The number of alkyl halides is 3. The van der Waals surface area contributed by atoms with Gasteiger partial charge in [0, 0.05) is 42.0 Å². The quantitative estimate of drug-likeness (QED) is 0.221. The van der Waals surface area contributed by atoms with Gasteiger partial charge in [0.25, 0.3) is 0 Å². The van der Waals surface area contributed by atoms with E-state index >= 15 is 0 Å². The molecule has 2 aromatic carbocycles. The van der Waals surface area contributed by atoms with Crippen LogP contribution in [0.1, 0.15) is 60.6 Å². The number of aryl methyl sites for hydroxylation is 1. The van der Waals surface area contributed by atoms with Crippen molar-refractivity contribution in [3.8, 4) is 5.69 Å². The summed E-state index contributed by atoms with van der Waals surface area (Å²) >= 11 is 12.9. The normalized spacial score (nSPS) is 22.4. The fraction of sp³-hybridized carbons (Fsp3) is 0.353. The van der Waals surface area contributed by atoms with Gasteiger partial charge in [-0.25, -0.2) is 0 Å². The Morgan fingerprint density at radius 2 is 1.68 bits per heavy atom. The summed E-state index contributed by atoms with van der Waals surface area (Å²) in [5.74, 6) is 1.17. The third kappa shape index (κ3) is 5.68. The van der Waals surface area contributed by atoms with E-state index in [0.717, 1.165) is 53.2 Å². The average molecular weight is 638 g/mol. The zero-order chi connectivity index (χ0) is 31.3. The van der Waals surface area contributed by atoms with E-state index < -0.39 is 11.7 Å². The summed E-state index contributed by atoms with van der Waals surface area (Å²) in [6.45, 7) is 10.3. The number of pyridine rings is 1. The van der Waals surface area contributed by atoms with Crippen LogP contribution in [-0.2, 0) is 6.18 Å². The molecule has 10 heteroatoms. The fourth-order valence-corrected chi connectivity index (χ4v) is 7.66. The SMILES string of the molecule is Cc1cc([C@@H]2[C@H](c3ccccn3)NC(=S)N2c2ccc(N3C[C@H](C)C[C@@H](C)C3)c(Cl)c2)c(C)n1-c1cccc(C(F)(F)F)c1. The van der Waals surface area contributed by atoms with E-state index in [1.165, 1.54) is 18.6 Å². The second-order valence-electron chi connectivity index (χ2n) is 12.2. The topological polar surface area (TPSA) is 36.3 Å². The number of benzene rings is 2. The number of nitrogens with zero attached hydrogens (tertiary/aromatic N) is 4. The van der Waals surface area contributed by atoms with Gasteiger partial charge < -0.3 is 19.7 Å². The van der Waals surface area contributed by atoms with Crippen LogP contribution in [0.3, 0.4) is 0 Å². The molecule has 4 aromatic rings. The molecule has 1 N–H and O–H groups in total. The molecule has 44 heavy (non-hydrogen) atoms. The third-order valence-corrected chi connectivity index (χ3v) is 9.35. The molecule has 0 radical (unpaired) electrons. The highest BCUT2D eigenvalue weighted by molar-refractivity contribution is 7.80. The van der Waals surface area contributed by atoms with Gasteiger partial charge in [-0.2, -0.15) is 13.2 Å². The summed E-state index contributed by atoms with van der Waals surface area (Å²) < 4.78 is 42.7. The summed E-state index contributed by atoms with van der Waals surface area (Å²) in [4.78, 5) is 9.07. The van der Waals surface area contributed by atoms with Crippen LogP contribution in [0.5, 0.6) is 0 Å². The van der Waals surface area contributed by atoms with Crippen molar-refractivity contribution in [1.29, 1.82) is 0 Å². The lowest BCUT2D eigenvalue weighted by Crippen LogP contribution is -2.38. The molecule has 0 saturated carbocycles. The van der Waals surface area contributed by atoms with Gasteiger partial charge in [-0.15, -0.1) is 0 Å². The van der Waals surface area contributed by atoms with E-state index in [0.29, 0.717) is 27.7 Å². The molecule has 2 aromatic heterocycles. The molecule has 2 aliphatic heterocycles. The molecule has 0 bridgehead atoms. The number of thiocarbonyl (C=S) groups is 1. The van der Waals surface area contributed by atoms with Crippen LogP contribution in [-0.4, -0.2) is 27.8 Å². The minimum Gasteiger partial charge on any atom is -0.370 e. The maximum atomic E-state index is 13.6. The van der Waals surface area contributed by atoms with Gasteiger partial charge in [0.1, 0.15) is 0 Å². The van der Waals surface area contributed by atoms with Crippen molar-refractivity contribution in [2.24, 2.45) is 11.8 Å². The van der Waals surface area contributed by atoms with Gasteiger partial charge in [0.2, 0.25) is 0 Å². The van der Waals surface area contributed by atoms with Crippen LogP contribution in [0.25, 0.3) is 5.69 Å². The molecular weight excluding hydrogens is 603 g/mol. The molecule has 4 atom stereocenters. The van der Waals surface area contributed by atoms with E-state index in [2.05, 4.69) is 46.1 Å². The maximum Gasteiger partial charge on any atom is 0.416 e. The Kier molecular flexibility index (Phi) is 8.13. The number of halogens is 4. The Bertz CT molecular complexity index is 1680. The second-order valence-corrected chi connectivity index (χ2v) is 13.0. The van der Waals surface area contributed by atoms with Crippen LogP contribution in [0, 0.1) is 25.7 Å². The van der Waals surface area contributed by atoms with Gasteiger partial charge in [0.05, 0.1) is 34.1 Å². The predicted molar refractivity (Wildman–Crippen MR) is 175 cm³/mol. The lowest BCUT2D eigenvalue weighted by atomic mass is 9.91. The Labute approximate surface area is 266 Å². The monoisotopic (exact) mass is 637 g/mol. The first-order chi connectivity index (χ1) is 20.9. The molecule has 2 fully saturated rings. The molecule has 4 heterocycles. The number of hydrogen-bond donors (Lipinski definition) is 1. The van der Waals surface area contributed by atoms with E-state index in [4.69, 9.17) is 23.8 Å².